The van der Waals surface area contributed by atoms with Crippen molar-refractivity contribution in [1.29, 1.82) is 5.26 Å². The fourth-order valence-electron chi connectivity index (χ4n) is 1.74. The van der Waals surface area contributed by atoms with E-state index in [1.54, 1.807) is 24.3 Å². The second-order valence-corrected chi connectivity index (χ2v) is 4.90. The highest BCUT2D eigenvalue weighted by atomic mass is 35.5. The largest absolute Gasteiger partial charge is 0.386 e. The summed E-state index contributed by atoms with van der Waals surface area (Å²) in [6, 6.07) is 9.23. The molecule has 0 fully saturated rings. The molecular weight excluding hydrogens is 298 g/mol. The normalized spacial score (nSPS) is 10.5. The number of carbonyl (C=O) groups excluding carboxylic acids is 1. The molecule has 1 rings (SSSR count). The molecule has 5 heteroatoms. The van der Waals surface area contributed by atoms with E-state index in [2.05, 4.69) is 18.5 Å². The van der Waals surface area contributed by atoms with E-state index in [9.17, 15) is 4.79 Å². The van der Waals surface area contributed by atoms with Gasteiger partial charge in [0, 0.05) is 30.9 Å². The smallest absolute Gasteiger partial charge is 0.266 e. The molecule has 0 aliphatic carbocycles. The van der Waals surface area contributed by atoms with Gasteiger partial charge >= 0.3 is 0 Å². The fourth-order valence-corrected chi connectivity index (χ4v) is 1.86. The van der Waals surface area contributed by atoms with Crippen LogP contribution in [0.3, 0.4) is 0 Å². The Kier molecular flexibility index (Phi) is 7.52. The first-order valence-electron chi connectivity index (χ1n) is 6.71. The summed E-state index contributed by atoms with van der Waals surface area (Å²) in [5.74, 6) is -0.356. The summed E-state index contributed by atoms with van der Waals surface area (Å²) < 4.78 is 0. The molecule has 0 saturated heterocycles. The molecule has 0 heterocycles. The van der Waals surface area contributed by atoms with Crippen LogP contribution in [0.1, 0.15) is 5.56 Å². The zero-order valence-corrected chi connectivity index (χ0v) is 13.0. The second kappa shape index (κ2) is 9.43. The summed E-state index contributed by atoms with van der Waals surface area (Å²) >= 11 is 5.81. The van der Waals surface area contributed by atoms with Crippen LogP contribution in [-0.4, -0.2) is 23.9 Å². The van der Waals surface area contributed by atoms with Gasteiger partial charge < -0.3 is 10.2 Å². The molecular formula is C17H18ClN3O. The molecule has 1 aromatic carbocycles. The summed E-state index contributed by atoms with van der Waals surface area (Å²) in [5, 5.41) is 12.8. The van der Waals surface area contributed by atoms with E-state index in [1.165, 1.54) is 11.1 Å². The molecule has 0 spiro atoms. The van der Waals surface area contributed by atoms with E-state index in [-0.39, 0.29) is 11.5 Å². The average molecular weight is 316 g/mol. The number of halogens is 1. The van der Waals surface area contributed by atoms with E-state index in [0.717, 1.165) is 5.56 Å². The van der Waals surface area contributed by atoms with Crippen LogP contribution in [-0.2, 0) is 11.3 Å². The SMILES string of the molecule is C=CCN(CC=C)C(=O)/C(C#N)=C\NCc1ccc(Cl)cc1. The summed E-state index contributed by atoms with van der Waals surface area (Å²) in [5.41, 5.74) is 1.04. The maximum atomic E-state index is 12.2. The maximum absolute atomic E-state index is 12.2. The Morgan fingerprint density at radius 2 is 1.86 bits per heavy atom. The van der Waals surface area contributed by atoms with Crippen molar-refractivity contribution in [3.05, 3.63) is 71.9 Å². The molecule has 1 amide bonds. The highest BCUT2D eigenvalue weighted by Crippen LogP contribution is 2.09. The average Bonchev–Trinajstić information content (AvgIpc) is 2.52. The van der Waals surface area contributed by atoms with Crippen LogP contribution < -0.4 is 5.32 Å². The Labute approximate surface area is 136 Å². The number of nitrogens with one attached hydrogen (secondary N) is 1. The van der Waals surface area contributed by atoms with Crippen molar-refractivity contribution >= 4 is 17.5 Å². The van der Waals surface area contributed by atoms with Gasteiger partial charge in [-0.1, -0.05) is 35.9 Å². The van der Waals surface area contributed by atoms with Crippen LogP contribution in [0.25, 0.3) is 0 Å². The van der Waals surface area contributed by atoms with Crippen molar-refractivity contribution in [3.8, 4) is 6.07 Å². The van der Waals surface area contributed by atoms with E-state index in [0.29, 0.717) is 24.7 Å². The summed E-state index contributed by atoms with van der Waals surface area (Å²) in [6.45, 7) is 8.43. The Balaban J connectivity index is 2.70. The minimum absolute atomic E-state index is 0.0395. The zero-order chi connectivity index (χ0) is 16.4. The molecule has 1 aromatic rings. The van der Waals surface area contributed by atoms with Crippen LogP contribution in [0.2, 0.25) is 5.02 Å². The lowest BCUT2D eigenvalue weighted by Gasteiger charge is -2.18. The number of nitriles is 1. The second-order valence-electron chi connectivity index (χ2n) is 4.46. The van der Waals surface area contributed by atoms with Crippen molar-refractivity contribution < 1.29 is 4.79 Å². The molecule has 0 radical (unpaired) electrons. The number of nitrogens with zero attached hydrogens (tertiary/aromatic N) is 2. The van der Waals surface area contributed by atoms with Crippen molar-refractivity contribution in [1.82, 2.24) is 10.2 Å². The first-order chi connectivity index (χ1) is 10.6. The van der Waals surface area contributed by atoms with Crippen LogP contribution in [0.4, 0.5) is 0 Å². The van der Waals surface area contributed by atoms with Gasteiger partial charge in [-0.25, -0.2) is 0 Å². The number of benzene rings is 1. The van der Waals surface area contributed by atoms with Crippen LogP contribution >= 0.6 is 11.6 Å². The Morgan fingerprint density at radius 1 is 1.27 bits per heavy atom. The summed E-state index contributed by atoms with van der Waals surface area (Å²) in [6.07, 6.45) is 4.64. The zero-order valence-electron chi connectivity index (χ0n) is 12.3. The van der Waals surface area contributed by atoms with Crippen molar-refractivity contribution in [2.24, 2.45) is 0 Å². The molecule has 0 unspecified atom stereocenters. The molecule has 0 atom stereocenters. The number of rotatable bonds is 8. The number of hydrogen-bond donors (Lipinski definition) is 1. The summed E-state index contributed by atoms with van der Waals surface area (Å²) in [4.78, 5) is 13.7. The first kappa shape index (κ1) is 17.5. The van der Waals surface area contributed by atoms with Gasteiger partial charge in [0.15, 0.2) is 0 Å². The predicted molar refractivity (Wildman–Crippen MR) is 89.0 cm³/mol. The van der Waals surface area contributed by atoms with Gasteiger partial charge in [-0.2, -0.15) is 5.26 Å². The quantitative estimate of drug-likeness (QED) is 0.456. The Hall–Kier alpha value is -2.51. The van der Waals surface area contributed by atoms with Gasteiger partial charge in [0.2, 0.25) is 0 Å². The Morgan fingerprint density at radius 3 is 2.36 bits per heavy atom. The molecule has 1 N–H and O–H groups in total. The minimum Gasteiger partial charge on any atom is -0.386 e. The van der Waals surface area contributed by atoms with Crippen molar-refractivity contribution in [2.45, 2.75) is 6.54 Å². The first-order valence-corrected chi connectivity index (χ1v) is 7.09. The summed E-state index contributed by atoms with van der Waals surface area (Å²) in [7, 11) is 0. The van der Waals surface area contributed by atoms with Crippen LogP contribution in [0, 0.1) is 11.3 Å². The molecule has 114 valence electrons. The van der Waals surface area contributed by atoms with Gasteiger partial charge in [-0.3, -0.25) is 4.79 Å². The molecule has 0 aliphatic heterocycles. The van der Waals surface area contributed by atoms with Gasteiger partial charge in [0.25, 0.3) is 5.91 Å². The molecule has 0 bridgehead atoms. The van der Waals surface area contributed by atoms with E-state index >= 15 is 0 Å². The number of carbonyl (C=O) groups is 1. The topological polar surface area (TPSA) is 56.1 Å². The van der Waals surface area contributed by atoms with Gasteiger partial charge in [0.05, 0.1) is 0 Å². The highest BCUT2D eigenvalue weighted by Gasteiger charge is 2.15. The van der Waals surface area contributed by atoms with Crippen LogP contribution in [0.5, 0.6) is 0 Å². The van der Waals surface area contributed by atoms with Gasteiger partial charge in [-0.05, 0) is 17.7 Å². The minimum atomic E-state index is -0.356. The Bertz CT molecular complexity index is 589. The standard InChI is InChI=1S/C17H18ClN3O/c1-3-9-21(10-4-2)17(22)15(11-19)13-20-12-14-5-7-16(18)8-6-14/h3-8,13,20H,1-2,9-10,12H2/b15-13-. The molecule has 0 aliphatic rings. The molecule has 0 saturated carbocycles. The van der Waals surface area contributed by atoms with E-state index in [1.807, 2.05) is 18.2 Å². The lowest BCUT2D eigenvalue weighted by Crippen LogP contribution is -2.32. The van der Waals surface area contributed by atoms with Crippen molar-refractivity contribution in [3.63, 3.8) is 0 Å². The maximum Gasteiger partial charge on any atom is 0.266 e. The third-order valence-electron chi connectivity index (χ3n) is 2.80. The third kappa shape index (κ3) is 5.47. The molecule has 0 aromatic heterocycles. The predicted octanol–water partition coefficient (Wildman–Crippen LogP) is 3.04. The van der Waals surface area contributed by atoms with Gasteiger partial charge in [-0.15, -0.1) is 13.2 Å². The van der Waals surface area contributed by atoms with E-state index < -0.39 is 0 Å². The van der Waals surface area contributed by atoms with Gasteiger partial charge in [0.1, 0.15) is 11.6 Å². The molecule has 22 heavy (non-hydrogen) atoms. The fraction of sp³-hybridized carbons (Fsp3) is 0.176. The molecule has 4 nitrogen and oxygen atoms in total. The highest BCUT2D eigenvalue weighted by molar-refractivity contribution is 6.30. The van der Waals surface area contributed by atoms with E-state index in [4.69, 9.17) is 16.9 Å². The number of amides is 1. The third-order valence-corrected chi connectivity index (χ3v) is 3.05. The lowest BCUT2D eigenvalue weighted by molar-refractivity contribution is -0.125. The number of hydrogen-bond acceptors (Lipinski definition) is 3. The lowest BCUT2D eigenvalue weighted by atomic mass is 10.2. The van der Waals surface area contributed by atoms with Crippen molar-refractivity contribution in [2.75, 3.05) is 13.1 Å². The van der Waals surface area contributed by atoms with Crippen LogP contribution in [0.15, 0.2) is 61.3 Å². The monoisotopic (exact) mass is 315 g/mol.